The topological polar surface area (TPSA) is 32.8 Å². The highest BCUT2D eigenvalue weighted by molar-refractivity contribution is 5.87. The number of piperazine rings is 1. The molecule has 2 aliphatic heterocycles. The fraction of sp³-hybridized carbons (Fsp3) is 0.786. The summed E-state index contributed by atoms with van der Waals surface area (Å²) in [6.45, 7) is 8.51. The number of rotatable bonds is 3. The predicted octanol–water partition coefficient (Wildman–Crippen LogP) is 1.27. The Morgan fingerprint density at radius 1 is 1.44 bits per heavy atom. The summed E-state index contributed by atoms with van der Waals surface area (Å²) in [5, 5.41) is 0. The molecule has 2 rings (SSSR count). The highest BCUT2D eigenvalue weighted by atomic mass is 16.5. The highest BCUT2D eigenvalue weighted by Crippen LogP contribution is 2.24. The van der Waals surface area contributed by atoms with Crippen LogP contribution in [0.3, 0.4) is 0 Å². The molecular formula is C14H24N2O2. The van der Waals surface area contributed by atoms with Gasteiger partial charge in [-0.25, -0.2) is 4.79 Å². The van der Waals surface area contributed by atoms with E-state index in [1.165, 1.54) is 26.5 Å². The molecule has 2 saturated heterocycles. The van der Waals surface area contributed by atoms with Crippen molar-refractivity contribution in [3.63, 3.8) is 0 Å². The van der Waals surface area contributed by atoms with Crippen LogP contribution in [0.5, 0.6) is 0 Å². The first-order valence-electron chi connectivity index (χ1n) is 6.85. The smallest absolute Gasteiger partial charge is 0.333 e. The summed E-state index contributed by atoms with van der Waals surface area (Å²) < 4.78 is 4.71. The van der Waals surface area contributed by atoms with Crippen LogP contribution in [0.25, 0.3) is 0 Å². The molecule has 0 aromatic heterocycles. The Hall–Kier alpha value is -0.870. The van der Waals surface area contributed by atoms with Gasteiger partial charge in [-0.15, -0.1) is 0 Å². The van der Waals surface area contributed by atoms with Crippen LogP contribution in [0.2, 0.25) is 0 Å². The van der Waals surface area contributed by atoms with E-state index in [0.29, 0.717) is 11.6 Å². The van der Waals surface area contributed by atoms with Crippen LogP contribution in [0.15, 0.2) is 11.6 Å². The number of methoxy groups -OCH3 is 1. The minimum Gasteiger partial charge on any atom is -0.466 e. The molecule has 2 atom stereocenters. The molecule has 0 amide bonds. The number of ether oxygens (including phenoxy) is 1. The monoisotopic (exact) mass is 252 g/mol. The molecule has 2 aliphatic rings. The van der Waals surface area contributed by atoms with Crippen LogP contribution in [-0.2, 0) is 9.53 Å². The third-order valence-corrected chi connectivity index (χ3v) is 4.21. The van der Waals surface area contributed by atoms with E-state index in [0.717, 1.165) is 25.7 Å². The van der Waals surface area contributed by atoms with Crippen molar-refractivity contribution in [3.05, 3.63) is 11.6 Å². The fourth-order valence-corrected chi connectivity index (χ4v) is 3.00. The number of esters is 1. The number of fused-ring (bicyclic) bond motifs is 1. The minimum absolute atomic E-state index is 0.220. The Labute approximate surface area is 110 Å². The molecule has 18 heavy (non-hydrogen) atoms. The van der Waals surface area contributed by atoms with E-state index in [2.05, 4.69) is 16.7 Å². The molecule has 2 fully saturated rings. The van der Waals surface area contributed by atoms with Gasteiger partial charge in [0, 0.05) is 37.3 Å². The molecule has 0 bridgehead atoms. The van der Waals surface area contributed by atoms with Crippen molar-refractivity contribution in [1.29, 1.82) is 0 Å². The van der Waals surface area contributed by atoms with Gasteiger partial charge in [-0.2, -0.15) is 0 Å². The number of carbonyl (C=O) groups excluding carboxylic acids is 1. The summed E-state index contributed by atoms with van der Waals surface area (Å²) in [5.74, 6) is -0.220. The van der Waals surface area contributed by atoms with Gasteiger partial charge in [0.05, 0.1) is 7.11 Å². The van der Waals surface area contributed by atoms with E-state index in [-0.39, 0.29) is 5.97 Å². The molecular weight excluding hydrogens is 228 g/mol. The van der Waals surface area contributed by atoms with Gasteiger partial charge in [0.25, 0.3) is 0 Å². The lowest BCUT2D eigenvalue weighted by atomic mass is 10.1. The van der Waals surface area contributed by atoms with Crippen LogP contribution in [0, 0.1) is 0 Å². The standard InChI is InChI=1S/C14H24N2O2/c1-11(14(17)18-3)6-8-15-10-13-5-4-7-16(13)9-12(15)2/h6,12-13H,4-5,7-10H2,1-3H3. The first kappa shape index (κ1) is 13.6. The minimum atomic E-state index is -0.220. The van der Waals surface area contributed by atoms with Crippen LogP contribution >= 0.6 is 0 Å². The van der Waals surface area contributed by atoms with Gasteiger partial charge in [-0.3, -0.25) is 9.80 Å². The zero-order chi connectivity index (χ0) is 13.1. The van der Waals surface area contributed by atoms with Crippen molar-refractivity contribution in [2.75, 3.05) is 33.3 Å². The van der Waals surface area contributed by atoms with Crippen molar-refractivity contribution in [1.82, 2.24) is 9.80 Å². The zero-order valence-electron chi connectivity index (χ0n) is 11.7. The molecule has 2 heterocycles. The first-order chi connectivity index (χ1) is 8.61. The lowest BCUT2D eigenvalue weighted by Crippen LogP contribution is -2.54. The maximum absolute atomic E-state index is 11.3. The maximum Gasteiger partial charge on any atom is 0.333 e. The molecule has 2 unspecified atom stereocenters. The van der Waals surface area contributed by atoms with Crippen molar-refractivity contribution in [2.24, 2.45) is 0 Å². The second kappa shape index (κ2) is 5.85. The average Bonchev–Trinajstić information content (AvgIpc) is 2.81. The summed E-state index contributed by atoms with van der Waals surface area (Å²) in [6.07, 6.45) is 4.65. The van der Waals surface area contributed by atoms with Gasteiger partial charge >= 0.3 is 5.97 Å². The summed E-state index contributed by atoms with van der Waals surface area (Å²) >= 11 is 0. The Bertz CT molecular complexity index is 341. The van der Waals surface area contributed by atoms with Crippen molar-refractivity contribution in [3.8, 4) is 0 Å². The van der Waals surface area contributed by atoms with E-state index >= 15 is 0 Å². The Morgan fingerprint density at radius 3 is 2.94 bits per heavy atom. The SMILES string of the molecule is COC(=O)C(C)=CCN1CC2CCCN2CC1C. The third kappa shape index (κ3) is 2.93. The third-order valence-electron chi connectivity index (χ3n) is 4.21. The molecule has 0 saturated carbocycles. The Morgan fingerprint density at radius 2 is 2.22 bits per heavy atom. The van der Waals surface area contributed by atoms with Crippen LogP contribution in [0.4, 0.5) is 0 Å². The van der Waals surface area contributed by atoms with E-state index in [9.17, 15) is 4.79 Å². The quantitative estimate of drug-likeness (QED) is 0.559. The number of hydrogen-bond donors (Lipinski definition) is 0. The Balaban J connectivity index is 1.91. The van der Waals surface area contributed by atoms with Crippen LogP contribution in [-0.4, -0.2) is 61.1 Å². The van der Waals surface area contributed by atoms with Gasteiger partial charge in [0.1, 0.15) is 0 Å². The second-order valence-electron chi connectivity index (χ2n) is 5.47. The van der Waals surface area contributed by atoms with Gasteiger partial charge in [-0.1, -0.05) is 6.08 Å². The van der Waals surface area contributed by atoms with E-state index < -0.39 is 0 Å². The van der Waals surface area contributed by atoms with Crippen LogP contribution in [0.1, 0.15) is 26.7 Å². The molecule has 4 nitrogen and oxygen atoms in total. The Kier molecular flexibility index (Phi) is 4.40. The highest BCUT2D eigenvalue weighted by Gasteiger charge is 2.33. The molecule has 0 spiro atoms. The predicted molar refractivity (Wildman–Crippen MR) is 71.4 cm³/mol. The van der Waals surface area contributed by atoms with Crippen molar-refractivity contribution < 1.29 is 9.53 Å². The number of carbonyl (C=O) groups is 1. The lowest BCUT2D eigenvalue weighted by Gasteiger charge is -2.41. The summed E-state index contributed by atoms with van der Waals surface area (Å²) in [4.78, 5) is 16.4. The summed E-state index contributed by atoms with van der Waals surface area (Å²) in [5.41, 5.74) is 0.707. The number of hydrogen-bond acceptors (Lipinski definition) is 4. The lowest BCUT2D eigenvalue weighted by molar-refractivity contribution is -0.136. The first-order valence-corrected chi connectivity index (χ1v) is 6.85. The largest absolute Gasteiger partial charge is 0.466 e. The van der Waals surface area contributed by atoms with Gasteiger partial charge in [0.15, 0.2) is 0 Å². The summed E-state index contributed by atoms with van der Waals surface area (Å²) in [6, 6.07) is 1.30. The molecule has 102 valence electrons. The average molecular weight is 252 g/mol. The van der Waals surface area contributed by atoms with E-state index in [4.69, 9.17) is 4.74 Å². The molecule has 0 radical (unpaired) electrons. The zero-order valence-corrected chi connectivity index (χ0v) is 11.7. The van der Waals surface area contributed by atoms with E-state index in [1.54, 1.807) is 0 Å². The second-order valence-corrected chi connectivity index (χ2v) is 5.47. The van der Waals surface area contributed by atoms with Crippen molar-refractivity contribution in [2.45, 2.75) is 38.8 Å². The maximum atomic E-state index is 11.3. The van der Waals surface area contributed by atoms with E-state index in [1.807, 2.05) is 13.0 Å². The fourth-order valence-electron chi connectivity index (χ4n) is 3.00. The molecule has 0 N–H and O–H groups in total. The van der Waals surface area contributed by atoms with Gasteiger partial charge < -0.3 is 4.74 Å². The molecule has 0 aliphatic carbocycles. The molecule has 0 aromatic rings. The number of nitrogens with zero attached hydrogens (tertiary/aromatic N) is 2. The van der Waals surface area contributed by atoms with Gasteiger partial charge in [0.2, 0.25) is 0 Å². The molecule has 0 aromatic carbocycles. The normalized spacial score (nSPS) is 30.3. The summed E-state index contributed by atoms with van der Waals surface area (Å²) in [7, 11) is 1.43. The van der Waals surface area contributed by atoms with Crippen LogP contribution < -0.4 is 0 Å². The van der Waals surface area contributed by atoms with Gasteiger partial charge in [-0.05, 0) is 33.2 Å². The molecule has 4 heteroatoms. The van der Waals surface area contributed by atoms with Crippen molar-refractivity contribution >= 4 is 5.97 Å².